The van der Waals surface area contributed by atoms with Gasteiger partial charge < -0.3 is 10.0 Å². The molecule has 6 nitrogen and oxygen atoms in total. The van der Waals surface area contributed by atoms with Gasteiger partial charge >= 0.3 is 5.97 Å². The van der Waals surface area contributed by atoms with E-state index in [9.17, 15) is 18.0 Å². The Balaban J connectivity index is 2.02. The Morgan fingerprint density at radius 2 is 1.95 bits per heavy atom. The van der Waals surface area contributed by atoms with Crippen LogP contribution in [0.25, 0.3) is 0 Å². The molecule has 2 rings (SSSR count). The third-order valence-electron chi connectivity index (χ3n) is 4.16. The van der Waals surface area contributed by atoms with Crippen LogP contribution in [0.2, 0.25) is 0 Å². The molecule has 0 spiro atoms. The Hall–Kier alpha value is -1.11. The molecule has 0 unspecified atom stereocenters. The van der Waals surface area contributed by atoms with E-state index in [1.165, 1.54) is 11.2 Å². The van der Waals surface area contributed by atoms with Crippen LogP contribution in [0.3, 0.4) is 0 Å². The molecule has 20 heavy (non-hydrogen) atoms. The number of carbonyl (C=O) groups is 2. The third kappa shape index (κ3) is 3.71. The Kier molecular flexibility index (Phi) is 4.09. The summed E-state index contributed by atoms with van der Waals surface area (Å²) in [6, 6.07) is -0.745. The minimum Gasteiger partial charge on any atom is -0.480 e. The number of amides is 1. The molecule has 1 aliphatic carbocycles. The van der Waals surface area contributed by atoms with E-state index in [1.807, 2.05) is 0 Å². The summed E-state index contributed by atoms with van der Waals surface area (Å²) >= 11 is 0. The van der Waals surface area contributed by atoms with Gasteiger partial charge in [-0.05, 0) is 37.5 Å². The number of aliphatic carboxylic acids is 1. The van der Waals surface area contributed by atoms with E-state index in [0.717, 1.165) is 25.7 Å². The Morgan fingerprint density at radius 1 is 1.30 bits per heavy atom. The van der Waals surface area contributed by atoms with Crippen LogP contribution in [-0.2, 0) is 19.4 Å². The van der Waals surface area contributed by atoms with Gasteiger partial charge in [0.05, 0.1) is 5.75 Å². The van der Waals surface area contributed by atoms with Crippen molar-refractivity contribution in [2.75, 3.05) is 18.6 Å². The molecular weight excluding hydrogens is 282 g/mol. The van der Waals surface area contributed by atoms with Crippen molar-refractivity contribution in [3.8, 4) is 0 Å². The topological polar surface area (TPSA) is 91.8 Å². The van der Waals surface area contributed by atoms with Gasteiger partial charge in [0.2, 0.25) is 5.91 Å². The molecule has 7 heteroatoms. The zero-order chi connectivity index (χ0) is 15.0. The standard InChI is InChI=1S/C13H21NO5S/c1-20(18,19)9-13(5-6-13)8-11(15)14-7-3-2-4-10(14)12(16)17/h10H,2-9H2,1H3,(H,16,17)/t10-/m1/s1. The zero-order valence-corrected chi connectivity index (χ0v) is 12.5. The van der Waals surface area contributed by atoms with E-state index in [4.69, 9.17) is 5.11 Å². The van der Waals surface area contributed by atoms with E-state index >= 15 is 0 Å². The van der Waals surface area contributed by atoms with Gasteiger partial charge in [-0.3, -0.25) is 4.79 Å². The zero-order valence-electron chi connectivity index (χ0n) is 11.7. The smallest absolute Gasteiger partial charge is 0.326 e. The quantitative estimate of drug-likeness (QED) is 0.806. The lowest BCUT2D eigenvalue weighted by Crippen LogP contribution is -2.48. The lowest BCUT2D eigenvalue weighted by Gasteiger charge is -2.34. The molecule has 0 aromatic heterocycles. The number of carbonyl (C=O) groups excluding carboxylic acids is 1. The van der Waals surface area contributed by atoms with Crippen molar-refractivity contribution in [2.24, 2.45) is 5.41 Å². The highest BCUT2D eigenvalue weighted by Crippen LogP contribution is 2.50. The molecule has 0 aromatic rings. The van der Waals surface area contributed by atoms with Crippen molar-refractivity contribution in [1.29, 1.82) is 0 Å². The molecule has 1 amide bonds. The molecule has 114 valence electrons. The minimum absolute atomic E-state index is 0.0251. The van der Waals surface area contributed by atoms with Crippen molar-refractivity contribution < 1.29 is 23.1 Å². The van der Waals surface area contributed by atoms with Crippen LogP contribution in [0.15, 0.2) is 0 Å². The van der Waals surface area contributed by atoms with Crippen molar-refractivity contribution >= 4 is 21.7 Å². The van der Waals surface area contributed by atoms with Crippen molar-refractivity contribution in [1.82, 2.24) is 4.90 Å². The molecule has 1 aliphatic heterocycles. The van der Waals surface area contributed by atoms with E-state index < -0.39 is 27.3 Å². The van der Waals surface area contributed by atoms with Crippen molar-refractivity contribution in [2.45, 2.75) is 44.6 Å². The van der Waals surface area contributed by atoms with Gasteiger partial charge in [0.1, 0.15) is 15.9 Å². The lowest BCUT2D eigenvalue weighted by molar-refractivity contribution is -0.152. The molecule has 1 N–H and O–H groups in total. The number of likely N-dealkylation sites (tertiary alicyclic amines) is 1. The van der Waals surface area contributed by atoms with Crippen LogP contribution in [0, 0.1) is 5.41 Å². The predicted octanol–water partition coefficient (Wildman–Crippen LogP) is 0.667. The van der Waals surface area contributed by atoms with Crippen molar-refractivity contribution in [3.63, 3.8) is 0 Å². The highest BCUT2D eigenvalue weighted by atomic mass is 32.2. The fourth-order valence-corrected chi connectivity index (χ4v) is 4.52. The average molecular weight is 303 g/mol. The van der Waals surface area contributed by atoms with E-state index in [2.05, 4.69) is 0 Å². The summed E-state index contributed by atoms with van der Waals surface area (Å²) in [6.07, 6.45) is 4.92. The van der Waals surface area contributed by atoms with Gasteiger partial charge in [0.15, 0.2) is 0 Å². The fourth-order valence-electron chi connectivity index (χ4n) is 3.01. The van der Waals surface area contributed by atoms with Gasteiger partial charge in [0, 0.05) is 19.2 Å². The van der Waals surface area contributed by atoms with Gasteiger partial charge in [-0.2, -0.15) is 0 Å². The molecule has 0 bridgehead atoms. The Labute approximate surface area is 119 Å². The van der Waals surface area contributed by atoms with Gasteiger partial charge in [-0.1, -0.05) is 0 Å². The second kappa shape index (κ2) is 5.35. The molecule has 1 heterocycles. The molecule has 2 aliphatic rings. The van der Waals surface area contributed by atoms with Crippen LogP contribution in [-0.4, -0.2) is 54.9 Å². The summed E-state index contributed by atoms with van der Waals surface area (Å²) in [7, 11) is -3.11. The van der Waals surface area contributed by atoms with Crippen LogP contribution in [0.4, 0.5) is 0 Å². The first-order valence-corrected chi connectivity index (χ1v) is 8.99. The second-order valence-corrected chi connectivity index (χ2v) is 8.32. The van der Waals surface area contributed by atoms with E-state index in [-0.39, 0.29) is 18.1 Å². The molecule has 1 saturated heterocycles. The first-order valence-electron chi connectivity index (χ1n) is 6.92. The largest absolute Gasteiger partial charge is 0.480 e. The highest BCUT2D eigenvalue weighted by Gasteiger charge is 2.48. The molecule has 0 radical (unpaired) electrons. The first-order chi connectivity index (χ1) is 9.22. The maximum Gasteiger partial charge on any atom is 0.326 e. The SMILES string of the molecule is CS(=O)(=O)CC1(CC(=O)N2CCCC[C@@H]2C(=O)O)CC1. The van der Waals surface area contributed by atoms with Crippen LogP contribution in [0.1, 0.15) is 38.5 Å². The third-order valence-corrected chi connectivity index (χ3v) is 5.30. The Morgan fingerprint density at radius 3 is 2.45 bits per heavy atom. The van der Waals surface area contributed by atoms with Crippen molar-refractivity contribution in [3.05, 3.63) is 0 Å². The van der Waals surface area contributed by atoms with Crippen LogP contribution < -0.4 is 0 Å². The van der Waals surface area contributed by atoms with E-state index in [0.29, 0.717) is 13.0 Å². The molecular formula is C13H21NO5S. The minimum atomic E-state index is -3.11. The first kappa shape index (κ1) is 15.3. The molecule has 1 atom stereocenters. The number of rotatable bonds is 5. The van der Waals surface area contributed by atoms with Gasteiger partial charge in [-0.25, -0.2) is 13.2 Å². The maximum absolute atomic E-state index is 12.3. The molecule has 1 saturated carbocycles. The van der Waals surface area contributed by atoms with E-state index in [1.54, 1.807) is 0 Å². The molecule has 2 fully saturated rings. The Bertz CT molecular complexity index is 509. The number of hydrogen-bond donors (Lipinski definition) is 1. The van der Waals surface area contributed by atoms with Crippen LogP contribution in [0.5, 0.6) is 0 Å². The highest BCUT2D eigenvalue weighted by molar-refractivity contribution is 7.90. The number of piperidine rings is 1. The number of hydrogen-bond acceptors (Lipinski definition) is 4. The monoisotopic (exact) mass is 303 g/mol. The second-order valence-electron chi connectivity index (χ2n) is 6.18. The summed E-state index contributed by atoms with van der Waals surface area (Å²) in [6.45, 7) is 0.463. The van der Waals surface area contributed by atoms with Gasteiger partial charge in [-0.15, -0.1) is 0 Å². The normalized spacial score (nSPS) is 25.2. The number of sulfone groups is 1. The summed E-state index contributed by atoms with van der Waals surface area (Å²) < 4.78 is 22.8. The summed E-state index contributed by atoms with van der Waals surface area (Å²) in [5.41, 5.74) is -0.439. The van der Waals surface area contributed by atoms with Crippen LogP contribution >= 0.6 is 0 Å². The average Bonchev–Trinajstić information content (AvgIpc) is 3.05. The summed E-state index contributed by atoms with van der Waals surface area (Å²) in [5.74, 6) is -1.15. The molecule has 0 aromatic carbocycles. The summed E-state index contributed by atoms with van der Waals surface area (Å²) in [5, 5.41) is 9.17. The predicted molar refractivity (Wildman–Crippen MR) is 73.0 cm³/mol. The fraction of sp³-hybridized carbons (Fsp3) is 0.846. The number of carboxylic acid groups (broad SMARTS) is 1. The number of nitrogens with zero attached hydrogens (tertiary/aromatic N) is 1. The lowest BCUT2D eigenvalue weighted by atomic mass is 9.98. The summed E-state index contributed by atoms with van der Waals surface area (Å²) in [4.78, 5) is 24.9. The maximum atomic E-state index is 12.3. The number of carboxylic acids is 1. The van der Waals surface area contributed by atoms with Gasteiger partial charge in [0.25, 0.3) is 0 Å².